The molecule has 0 spiro atoms. The largest absolute Gasteiger partial charge is 0.494 e. The van der Waals surface area contributed by atoms with E-state index in [1.54, 1.807) is 44.2 Å². The fourth-order valence-electron chi connectivity index (χ4n) is 5.05. The average molecular weight is 624 g/mol. The Morgan fingerprint density at radius 2 is 1.95 bits per heavy atom. The molecule has 1 aliphatic rings. The Labute approximate surface area is 258 Å². The fourth-order valence-corrected chi connectivity index (χ4v) is 5.25. The summed E-state index contributed by atoms with van der Waals surface area (Å²) in [7, 11) is 3.32. The molecule has 1 amide bonds. The molecule has 2 heterocycles. The summed E-state index contributed by atoms with van der Waals surface area (Å²) < 4.78 is 39.9. The minimum absolute atomic E-state index is 0.147. The normalized spacial score (nSPS) is 15.8. The Morgan fingerprint density at radius 1 is 1.16 bits per heavy atom. The number of methoxy groups -OCH3 is 1. The highest BCUT2D eigenvalue weighted by Gasteiger charge is 2.25. The van der Waals surface area contributed by atoms with Crippen molar-refractivity contribution in [2.75, 3.05) is 31.3 Å². The number of aromatic nitrogens is 2. The van der Waals surface area contributed by atoms with Crippen molar-refractivity contribution in [3.8, 4) is 17.2 Å². The van der Waals surface area contributed by atoms with E-state index in [0.717, 1.165) is 19.4 Å². The summed E-state index contributed by atoms with van der Waals surface area (Å²) in [6, 6.07) is 11.8. The van der Waals surface area contributed by atoms with E-state index in [4.69, 9.17) is 21.1 Å². The first-order valence-corrected chi connectivity index (χ1v) is 14.3. The number of likely N-dealkylation sites (N-methyl/N-ethyl adjacent to an activating group) is 1. The van der Waals surface area contributed by atoms with Crippen molar-refractivity contribution >= 4 is 45.6 Å². The van der Waals surface area contributed by atoms with Crippen molar-refractivity contribution in [1.29, 1.82) is 0 Å². The molecular weight excluding hydrogens is 592 g/mol. The molecule has 0 bridgehead atoms. The van der Waals surface area contributed by atoms with Crippen LogP contribution in [0.2, 0.25) is 5.02 Å². The molecule has 44 heavy (non-hydrogen) atoms. The minimum Gasteiger partial charge on any atom is -0.494 e. The highest BCUT2D eigenvalue weighted by molar-refractivity contribution is 6.32. The number of nitrogens with zero attached hydrogens (tertiary/aromatic N) is 3. The lowest BCUT2D eigenvalue weighted by Gasteiger charge is -2.24. The number of hydrogen-bond acceptors (Lipinski definition) is 8. The second kappa shape index (κ2) is 12.7. The number of amides is 1. The lowest BCUT2D eigenvalue weighted by Crippen LogP contribution is -2.24. The first-order chi connectivity index (χ1) is 20.9. The highest BCUT2D eigenvalue weighted by Crippen LogP contribution is 2.41. The van der Waals surface area contributed by atoms with Gasteiger partial charge in [0.2, 0.25) is 0 Å². The second-order valence-electron chi connectivity index (χ2n) is 11.0. The van der Waals surface area contributed by atoms with Gasteiger partial charge in [-0.25, -0.2) is 18.7 Å². The van der Waals surface area contributed by atoms with Crippen LogP contribution in [-0.4, -0.2) is 52.6 Å². The molecular formula is C32H32ClF2N5O4. The quantitative estimate of drug-likeness (QED) is 0.170. The van der Waals surface area contributed by atoms with Gasteiger partial charge in [0.15, 0.2) is 5.83 Å². The van der Waals surface area contributed by atoms with Crippen LogP contribution in [0.5, 0.6) is 17.2 Å². The Hall–Kier alpha value is -4.32. The number of aliphatic hydroxyl groups is 1. The zero-order valence-corrected chi connectivity index (χ0v) is 25.4. The third-order valence-corrected chi connectivity index (χ3v) is 7.64. The van der Waals surface area contributed by atoms with Crippen molar-refractivity contribution in [1.82, 2.24) is 14.9 Å². The molecule has 230 valence electrons. The van der Waals surface area contributed by atoms with Gasteiger partial charge in [-0.15, -0.1) is 0 Å². The summed E-state index contributed by atoms with van der Waals surface area (Å²) in [4.78, 5) is 23.5. The number of fused-ring (bicyclic) bond motifs is 1. The minimum atomic E-state index is -1.37. The smallest absolute Gasteiger partial charge is 0.284 e. The van der Waals surface area contributed by atoms with Crippen LogP contribution >= 0.6 is 11.6 Å². The maximum atomic E-state index is 14.9. The fraction of sp³-hybridized carbons (Fsp3) is 0.281. The van der Waals surface area contributed by atoms with Gasteiger partial charge >= 0.3 is 0 Å². The SMILES string of the molecule is COc1cc2ncnc(Nc3cc(Cl)c(Oc4cccc(F)c4)cc3C(C)(C)O)c2cc1NC(=O)/C(F)=C/[C@H]1CCCN1C. The molecule has 0 aliphatic carbocycles. The number of rotatable bonds is 9. The van der Waals surface area contributed by atoms with Crippen LogP contribution in [0.4, 0.5) is 26.0 Å². The van der Waals surface area contributed by atoms with Crippen molar-refractivity contribution in [2.24, 2.45) is 0 Å². The van der Waals surface area contributed by atoms with Gasteiger partial charge in [-0.1, -0.05) is 17.7 Å². The molecule has 1 aromatic heterocycles. The molecule has 0 unspecified atom stereocenters. The van der Waals surface area contributed by atoms with E-state index in [9.17, 15) is 18.7 Å². The van der Waals surface area contributed by atoms with E-state index in [0.29, 0.717) is 28.0 Å². The van der Waals surface area contributed by atoms with E-state index in [1.807, 2.05) is 11.9 Å². The zero-order valence-electron chi connectivity index (χ0n) is 24.6. The van der Waals surface area contributed by atoms with Crippen molar-refractivity contribution in [2.45, 2.75) is 38.3 Å². The molecule has 1 aliphatic heterocycles. The molecule has 0 saturated carbocycles. The molecule has 1 saturated heterocycles. The lowest BCUT2D eigenvalue weighted by atomic mass is 9.96. The highest BCUT2D eigenvalue weighted by atomic mass is 35.5. The third-order valence-electron chi connectivity index (χ3n) is 7.35. The Kier molecular flexibility index (Phi) is 9.00. The van der Waals surface area contributed by atoms with Gasteiger partial charge in [0.1, 0.15) is 35.2 Å². The summed E-state index contributed by atoms with van der Waals surface area (Å²) in [5, 5.41) is 17.5. The van der Waals surface area contributed by atoms with Crippen LogP contribution in [0.3, 0.4) is 0 Å². The van der Waals surface area contributed by atoms with Gasteiger partial charge in [0.25, 0.3) is 5.91 Å². The van der Waals surface area contributed by atoms with E-state index in [-0.39, 0.29) is 34.0 Å². The number of anilines is 3. The summed E-state index contributed by atoms with van der Waals surface area (Å²) in [5.74, 6) is -1.22. The van der Waals surface area contributed by atoms with E-state index < -0.39 is 23.2 Å². The van der Waals surface area contributed by atoms with E-state index in [1.165, 1.54) is 37.7 Å². The number of halogens is 3. The molecule has 9 nitrogen and oxygen atoms in total. The molecule has 1 atom stereocenters. The zero-order chi connectivity index (χ0) is 31.6. The van der Waals surface area contributed by atoms with Gasteiger partial charge in [-0.3, -0.25) is 9.69 Å². The van der Waals surface area contributed by atoms with E-state index in [2.05, 4.69) is 20.6 Å². The molecule has 12 heteroatoms. The molecule has 0 radical (unpaired) electrons. The van der Waals surface area contributed by atoms with Crippen LogP contribution in [0.15, 0.2) is 66.8 Å². The number of carbonyl (C=O) groups excluding carboxylic acids is 1. The monoisotopic (exact) mass is 623 g/mol. The Balaban J connectivity index is 1.49. The molecule has 1 fully saturated rings. The predicted molar refractivity (Wildman–Crippen MR) is 166 cm³/mol. The van der Waals surface area contributed by atoms with Crippen LogP contribution in [0, 0.1) is 5.82 Å². The topological polar surface area (TPSA) is 109 Å². The standard InChI is InChI=1S/C32H32ClF2N5O4/c1-32(2,42)22-14-28(44-20-9-5-7-18(34)11-20)23(33)15-26(22)38-30-21-13-27(29(43-4)16-25(21)36-17-37-30)39-31(41)24(35)12-19-8-6-10-40(19)3/h5,7,9,11-17,19,42H,6,8,10H2,1-4H3,(H,39,41)(H,36,37,38)/b24-12-/t19-/m1/s1. The molecule has 5 rings (SSSR count). The van der Waals surface area contributed by atoms with Gasteiger partial charge in [0.05, 0.1) is 28.9 Å². The average Bonchev–Trinajstić information content (AvgIpc) is 3.37. The number of likely N-dealkylation sites (tertiary alicyclic amines) is 1. The summed E-state index contributed by atoms with van der Waals surface area (Å²) in [5.41, 5.74) is 0.139. The van der Waals surface area contributed by atoms with Crippen LogP contribution in [-0.2, 0) is 10.4 Å². The van der Waals surface area contributed by atoms with Crippen LogP contribution in [0.25, 0.3) is 10.9 Å². The second-order valence-corrected chi connectivity index (χ2v) is 11.4. The molecule has 4 aromatic rings. The maximum Gasteiger partial charge on any atom is 0.284 e. The number of ether oxygens (including phenoxy) is 2. The molecule has 3 N–H and O–H groups in total. The van der Waals surface area contributed by atoms with Gasteiger partial charge in [0, 0.05) is 34.8 Å². The number of hydrogen-bond donors (Lipinski definition) is 3. The first-order valence-electron chi connectivity index (χ1n) is 13.9. The van der Waals surface area contributed by atoms with Crippen molar-refractivity contribution < 1.29 is 28.2 Å². The summed E-state index contributed by atoms with van der Waals surface area (Å²) in [6.07, 6.45) is 4.38. The maximum absolute atomic E-state index is 14.9. The number of carbonyl (C=O) groups is 1. The third kappa shape index (κ3) is 6.91. The van der Waals surface area contributed by atoms with E-state index >= 15 is 0 Å². The van der Waals surface area contributed by atoms with Crippen molar-refractivity contribution in [3.05, 3.63) is 83.2 Å². The Morgan fingerprint density at radius 3 is 2.64 bits per heavy atom. The van der Waals surface area contributed by atoms with Gasteiger partial charge < -0.3 is 25.2 Å². The van der Waals surface area contributed by atoms with Gasteiger partial charge in [-0.2, -0.15) is 0 Å². The lowest BCUT2D eigenvalue weighted by molar-refractivity contribution is -0.114. The van der Waals surface area contributed by atoms with Crippen molar-refractivity contribution in [3.63, 3.8) is 0 Å². The predicted octanol–water partition coefficient (Wildman–Crippen LogP) is 7.08. The van der Waals surface area contributed by atoms with Crippen LogP contribution in [0.1, 0.15) is 32.3 Å². The number of benzene rings is 3. The first kappa shape index (κ1) is 31.1. The van der Waals surface area contributed by atoms with Gasteiger partial charge in [-0.05, 0) is 76.7 Å². The molecule has 3 aromatic carbocycles. The van der Waals surface area contributed by atoms with Crippen LogP contribution < -0.4 is 20.1 Å². The summed E-state index contributed by atoms with van der Waals surface area (Å²) in [6.45, 7) is 4.03. The summed E-state index contributed by atoms with van der Waals surface area (Å²) >= 11 is 6.57. The number of nitrogens with one attached hydrogen (secondary N) is 2. The Bertz CT molecular complexity index is 1740.